The van der Waals surface area contributed by atoms with Crippen molar-refractivity contribution in [3.63, 3.8) is 0 Å². The van der Waals surface area contributed by atoms with E-state index >= 15 is 0 Å². The predicted molar refractivity (Wildman–Crippen MR) is 78.2 cm³/mol. The molecule has 1 aromatic carbocycles. The molecule has 1 heterocycles. The monoisotopic (exact) mass is 280 g/mol. The van der Waals surface area contributed by atoms with Gasteiger partial charge in [0.25, 0.3) is 0 Å². The lowest BCUT2D eigenvalue weighted by molar-refractivity contribution is -0.132. The molecule has 0 aliphatic carbocycles. The van der Waals surface area contributed by atoms with E-state index in [2.05, 4.69) is 10.6 Å². The standard InChI is InChI=1S/C15H21ClN2O/c1-11(12-4-3-5-13(16)10-12)18-14(19)15(2)6-8-17-9-7-15/h3-5,10-11,17H,6-9H2,1-2H3,(H,18,19)/t11-/m0/s1. The maximum Gasteiger partial charge on any atom is 0.226 e. The van der Waals surface area contributed by atoms with Gasteiger partial charge in [-0.3, -0.25) is 4.79 Å². The molecule has 1 atom stereocenters. The van der Waals surface area contributed by atoms with Crippen molar-refractivity contribution in [1.82, 2.24) is 10.6 Å². The Morgan fingerprint density at radius 2 is 2.11 bits per heavy atom. The molecule has 1 amide bonds. The van der Waals surface area contributed by atoms with Crippen LogP contribution in [0.3, 0.4) is 0 Å². The summed E-state index contributed by atoms with van der Waals surface area (Å²) in [6.07, 6.45) is 1.78. The summed E-state index contributed by atoms with van der Waals surface area (Å²) in [5.41, 5.74) is 0.788. The van der Waals surface area contributed by atoms with Crippen molar-refractivity contribution in [3.8, 4) is 0 Å². The fraction of sp³-hybridized carbons (Fsp3) is 0.533. The number of halogens is 1. The lowest BCUT2D eigenvalue weighted by Gasteiger charge is -2.33. The highest BCUT2D eigenvalue weighted by Gasteiger charge is 2.35. The van der Waals surface area contributed by atoms with Crippen LogP contribution in [-0.2, 0) is 4.79 Å². The van der Waals surface area contributed by atoms with Crippen molar-refractivity contribution in [3.05, 3.63) is 34.9 Å². The van der Waals surface area contributed by atoms with Gasteiger partial charge in [-0.25, -0.2) is 0 Å². The van der Waals surface area contributed by atoms with Crippen molar-refractivity contribution in [2.45, 2.75) is 32.7 Å². The van der Waals surface area contributed by atoms with Gasteiger partial charge in [0.05, 0.1) is 6.04 Å². The van der Waals surface area contributed by atoms with Gasteiger partial charge in [0, 0.05) is 10.4 Å². The third-order valence-corrected chi connectivity index (χ3v) is 4.19. The van der Waals surface area contributed by atoms with Gasteiger partial charge < -0.3 is 10.6 Å². The minimum atomic E-state index is -0.252. The van der Waals surface area contributed by atoms with Crippen LogP contribution in [0.1, 0.15) is 38.3 Å². The second kappa shape index (κ2) is 5.93. The predicted octanol–water partition coefficient (Wildman–Crippen LogP) is 2.91. The lowest BCUT2D eigenvalue weighted by atomic mass is 9.80. The van der Waals surface area contributed by atoms with Gasteiger partial charge in [-0.05, 0) is 50.6 Å². The van der Waals surface area contributed by atoms with Crippen molar-refractivity contribution in [1.29, 1.82) is 0 Å². The highest BCUT2D eigenvalue weighted by molar-refractivity contribution is 6.30. The number of carbonyl (C=O) groups excluding carboxylic acids is 1. The zero-order valence-corrected chi connectivity index (χ0v) is 12.3. The van der Waals surface area contributed by atoms with Crippen LogP contribution < -0.4 is 10.6 Å². The fourth-order valence-electron chi connectivity index (χ4n) is 2.44. The van der Waals surface area contributed by atoms with Gasteiger partial charge >= 0.3 is 0 Å². The van der Waals surface area contributed by atoms with E-state index in [4.69, 9.17) is 11.6 Å². The maximum atomic E-state index is 12.4. The Hall–Kier alpha value is -1.06. The largest absolute Gasteiger partial charge is 0.349 e. The Balaban J connectivity index is 2.02. The first-order chi connectivity index (χ1) is 9.01. The van der Waals surface area contributed by atoms with Gasteiger partial charge in [0.15, 0.2) is 0 Å². The summed E-state index contributed by atoms with van der Waals surface area (Å²) in [6.45, 7) is 5.87. The summed E-state index contributed by atoms with van der Waals surface area (Å²) < 4.78 is 0. The summed E-state index contributed by atoms with van der Waals surface area (Å²) in [4.78, 5) is 12.4. The molecule has 0 radical (unpaired) electrons. The van der Waals surface area contributed by atoms with E-state index in [0.29, 0.717) is 5.02 Å². The van der Waals surface area contributed by atoms with E-state index in [9.17, 15) is 4.79 Å². The second-order valence-corrected chi connectivity index (χ2v) is 6.00. The molecule has 1 aliphatic heterocycles. The van der Waals surface area contributed by atoms with Crippen LogP contribution in [0.5, 0.6) is 0 Å². The smallest absolute Gasteiger partial charge is 0.226 e. The zero-order chi connectivity index (χ0) is 13.9. The third-order valence-electron chi connectivity index (χ3n) is 3.95. The topological polar surface area (TPSA) is 41.1 Å². The Morgan fingerprint density at radius 1 is 1.42 bits per heavy atom. The second-order valence-electron chi connectivity index (χ2n) is 5.56. The molecule has 1 aliphatic rings. The van der Waals surface area contributed by atoms with Crippen LogP contribution in [0.15, 0.2) is 24.3 Å². The highest BCUT2D eigenvalue weighted by Crippen LogP contribution is 2.29. The minimum absolute atomic E-state index is 0.0158. The first kappa shape index (κ1) is 14.4. The van der Waals surface area contributed by atoms with Crippen LogP contribution in [0.25, 0.3) is 0 Å². The molecular weight excluding hydrogens is 260 g/mol. The number of piperidine rings is 1. The van der Waals surface area contributed by atoms with Gasteiger partial charge in [0.1, 0.15) is 0 Å². The summed E-state index contributed by atoms with van der Waals surface area (Å²) in [5, 5.41) is 7.10. The molecule has 0 aromatic heterocycles. The Morgan fingerprint density at radius 3 is 2.74 bits per heavy atom. The number of nitrogens with one attached hydrogen (secondary N) is 2. The first-order valence-corrected chi connectivity index (χ1v) is 7.16. The number of hydrogen-bond donors (Lipinski definition) is 2. The number of rotatable bonds is 3. The maximum absolute atomic E-state index is 12.4. The van der Waals surface area contributed by atoms with Gasteiger partial charge in [0.2, 0.25) is 5.91 Å². The summed E-state index contributed by atoms with van der Waals surface area (Å²) >= 11 is 5.98. The average molecular weight is 281 g/mol. The molecule has 0 saturated carbocycles. The van der Waals surface area contributed by atoms with Crippen LogP contribution >= 0.6 is 11.6 Å². The lowest BCUT2D eigenvalue weighted by Crippen LogP contribution is -2.46. The molecule has 0 bridgehead atoms. The highest BCUT2D eigenvalue weighted by atomic mass is 35.5. The molecule has 19 heavy (non-hydrogen) atoms. The van der Waals surface area contributed by atoms with Crippen LogP contribution in [0, 0.1) is 5.41 Å². The molecule has 0 unspecified atom stereocenters. The van der Waals surface area contributed by atoms with E-state index in [1.807, 2.05) is 38.1 Å². The van der Waals surface area contributed by atoms with Crippen LogP contribution in [-0.4, -0.2) is 19.0 Å². The molecule has 4 heteroatoms. The van der Waals surface area contributed by atoms with E-state index in [0.717, 1.165) is 31.5 Å². The molecule has 1 fully saturated rings. The van der Waals surface area contributed by atoms with Gasteiger partial charge in [-0.15, -0.1) is 0 Å². The molecule has 2 N–H and O–H groups in total. The fourth-order valence-corrected chi connectivity index (χ4v) is 2.63. The Labute approximate surface area is 119 Å². The van der Waals surface area contributed by atoms with E-state index in [-0.39, 0.29) is 17.4 Å². The van der Waals surface area contributed by atoms with Crippen molar-refractivity contribution >= 4 is 17.5 Å². The number of carbonyl (C=O) groups is 1. The normalized spacial score (nSPS) is 19.7. The van der Waals surface area contributed by atoms with Gasteiger partial charge in [-0.1, -0.05) is 30.7 Å². The summed E-state index contributed by atoms with van der Waals surface area (Å²) in [5.74, 6) is 0.140. The van der Waals surface area contributed by atoms with E-state index < -0.39 is 0 Å². The average Bonchev–Trinajstić information content (AvgIpc) is 2.39. The van der Waals surface area contributed by atoms with Crippen molar-refractivity contribution < 1.29 is 4.79 Å². The van der Waals surface area contributed by atoms with Crippen LogP contribution in [0.2, 0.25) is 5.02 Å². The number of amides is 1. The Kier molecular flexibility index (Phi) is 4.48. The molecule has 1 saturated heterocycles. The Bertz CT molecular complexity index is 455. The van der Waals surface area contributed by atoms with Gasteiger partial charge in [-0.2, -0.15) is 0 Å². The molecule has 0 spiro atoms. The molecular formula is C15H21ClN2O. The molecule has 104 valence electrons. The minimum Gasteiger partial charge on any atom is -0.349 e. The summed E-state index contributed by atoms with van der Waals surface area (Å²) in [7, 11) is 0. The van der Waals surface area contributed by atoms with Crippen molar-refractivity contribution in [2.75, 3.05) is 13.1 Å². The number of benzene rings is 1. The molecule has 1 aromatic rings. The van der Waals surface area contributed by atoms with Crippen LogP contribution in [0.4, 0.5) is 0 Å². The summed E-state index contributed by atoms with van der Waals surface area (Å²) in [6, 6.07) is 7.62. The SMILES string of the molecule is C[C@H](NC(=O)C1(C)CCNCC1)c1cccc(Cl)c1. The zero-order valence-electron chi connectivity index (χ0n) is 11.5. The number of hydrogen-bond acceptors (Lipinski definition) is 2. The van der Waals surface area contributed by atoms with Crippen molar-refractivity contribution in [2.24, 2.45) is 5.41 Å². The third kappa shape index (κ3) is 3.48. The molecule has 2 rings (SSSR count). The quantitative estimate of drug-likeness (QED) is 0.894. The van der Waals surface area contributed by atoms with E-state index in [1.54, 1.807) is 0 Å². The van der Waals surface area contributed by atoms with E-state index in [1.165, 1.54) is 0 Å². The molecule has 3 nitrogen and oxygen atoms in total. The first-order valence-electron chi connectivity index (χ1n) is 6.78.